The van der Waals surface area contributed by atoms with Crippen molar-refractivity contribution in [2.45, 2.75) is 25.9 Å². The number of hydrogen-bond acceptors (Lipinski definition) is 2. The lowest BCUT2D eigenvalue weighted by molar-refractivity contribution is 0.0413. The molecular weight excluding hydrogens is 328 g/mol. The highest BCUT2D eigenvalue weighted by molar-refractivity contribution is 9.10. The van der Waals surface area contributed by atoms with Gasteiger partial charge in [-0.15, -0.1) is 0 Å². The zero-order valence-electron chi connectivity index (χ0n) is 11.4. The Morgan fingerprint density at radius 2 is 1.89 bits per heavy atom. The summed E-state index contributed by atoms with van der Waals surface area (Å²) >= 11 is 9.40. The third-order valence-electron chi connectivity index (χ3n) is 3.81. The van der Waals surface area contributed by atoms with E-state index in [9.17, 15) is 4.79 Å². The van der Waals surface area contributed by atoms with Gasteiger partial charge in [0.15, 0.2) is 0 Å². The van der Waals surface area contributed by atoms with E-state index in [4.69, 9.17) is 11.6 Å². The van der Waals surface area contributed by atoms with Crippen molar-refractivity contribution in [3.05, 3.63) is 33.3 Å². The van der Waals surface area contributed by atoms with E-state index in [1.165, 1.54) is 0 Å². The van der Waals surface area contributed by atoms with Crippen molar-refractivity contribution >= 4 is 33.4 Å². The largest absolute Gasteiger partial charge is 0.335 e. The summed E-state index contributed by atoms with van der Waals surface area (Å²) in [6, 6.07) is 6.05. The molecule has 0 aromatic heterocycles. The van der Waals surface area contributed by atoms with Crippen LogP contribution in [0.25, 0.3) is 0 Å². The van der Waals surface area contributed by atoms with E-state index in [2.05, 4.69) is 41.7 Å². The standard InChI is InChI=1S/C14H18BrClN2O/c1-9-7-18(8-10(2)17(9)3)14(19)12-6-11(16)4-5-13(12)15/h4-6,9-10H,7-8H2,1-3H3. The average Bonchev–Trinajstić information content (AvgIpc) is 2.37. The highest BCUT2D eigenvalue weighted by Crippen LogP contribution is 2.24. The first kappa shape index (κ1) is 14.8. The molecule has 0 aliphatic carbocycles. The number of halogens is 2. The van der Waals surface area contributed by atoms with Crippen molar-refractivity contribution in [3.63, 3.8) is 0 Å². The molecule has 3 nitrogen and oxygen atoms in total. The van der Waals surface area contributed by atoms with Crippen LogP contribution in [0.2, 0.25) is 5.02 Å². The molecule has 1 aliphatic heterocycles. The van der Waals surface area contributed by atoms with Crippen LogP contribution in [-0.4, -0.2) is 47.9 Å². The van der Waals surface area contributed by atoms with Crippen molar-refractivity contribution in [3.8, 4) is 0 Å². The summed E-state index contributed by atoms with van der Waals surface area (Å²) < 4.78 is 0.793. The number of carbonyl (C=O) groups is 1. The van der Waals surface area contributed by atoms with Crippen LogP contribution in [0.5, 0.6) is 0 Å². The molecule has 0 saturated carbocycles. The molecule has 0 spiro atoms. The summed E-state index contributed by atoms with van der Waals surface area (Å²) in [5, 5.41) is 0.585. The molecule has 19 heavy (non-hydrogen) atoms. The number of hydrogen-bond donors (Lipinski definition) is 0. The smallest absolute Gasteiger partial charge is 0.255 e. The lowest BCUT2D eigenvalue weighted by atomic mass is 10.1. The van der Waals surface area contributed by atoms with Gasteiger partial charge in [0.1, 0.15) is 0 Å². The maximum Gasteiger partial charge on any atom is 0.255 e. The Labute approximate surface area is 127 Å². The van der Waals surface area contributed by atoms with Crippen LogP contribution in [0.4, 0.5) is 0 Å². The van der Waals surface area contributed by atoms with E-state index >= 15 is 0 Å². The van der Waals surface area contributed by atoms with Gasteiger partial charge in [-0.2, -0.15) is 0 Å². The summed E-state index contributed by atoms with van der Waals surface area (Å²) in [7, 11) is 2.10. The average molecular weight is 346 g/mol. The van der Waals surface area contributed by atoms with Gasteiger partial charge in [0.2, 0.25) is 0 Å². The lowest BCUT2D eigenvalue weighted by Gasteiger charge is -2.42. The first-order chi connectivity index (χ1) is 8.90. The molecule has 1 aromatic rings. The minimum atomic E-state index is 0.0428. The highest BCUT2D eigenvalue weighted by atomic mass is 79.9. The lowest BCUT2D eigenvalue weighted by Crippen LogP contribution is -2.56. The molecule has 1 aromatic carbocycles. The monoisotopic (exact) mass is 344 g/mol. The van der Waals surface area contributed by atoms with Crippen LogP contribution in [0.1, 0.15) is 24.2 Å². The van der Waals surface area contributed by atoms with Crippen molar-refractivity contribution in [2.75, 3.05) is 20.1 Å². The molecule has 104 valence electrons. The molecule has 0 radical (unpaired) electrons. The van der Waals surface area contributed by atoms with Gasteiger partial charge in [-0.25, -0.2) is 0 Å². The van der Waals surface area contributed by atoms with Gasteiger partial charge in [0, 0.05) is 34.7 Å². The predicted octanol–water partition coefficient (Wildman–Crippen LogP) is 3.27. The van der Waals surface area contributed by atoms with E-state index in [0.717, 1.165) is 17.6 Å². The summed E-state index contributed by atoms with van der Waals surface area (Å²) in [5.74, 6) is 0.0428. The number of rotatable bonds is 1. The summed E-state index contributed by atoms with van der Waals surface area (Å²) in [6.45, 7) is 5.78. The number of carbonyl (C=O) groups excluding carboxylic acids is 1. The molecule has 2 atom stereocenters. The highest BCUT2D eigenvalue weighted by Gasteiger charge is 2.30. The van der Waals surface area contributed by atoms with Crippen LogP contribution < -0.4 is 0 Å². The van der Waals surface area contributed by atoms with Crippen molar-refractivity contribution in [1.29, 1.82) is 0 Å². The fourth-order valence-corrected chi connectivity index (χ4v) is 2.99. The summed E-state index contributed by atoms with van der Waals surface area (Å²) in [5.41, 5.74) is 0.636. The minimum absolute atomic E-state index is 0.0428. The van der Waals surface area contributed by atoms with E-state index in [0.29, 0.717) is 22.7 Å². The topological polar surface area (TPSA) is 23.6 Å². The molecular formula is C14H18BrClN2O. The van der Waals surface area contributed by atoms with Crippen molar-refractivity contribution in [1.82, 2.24) is 9.80 Å². The Bertz CT molecular complexity index is 482. The first-order valence-corrected chi connectivity index (χ1v) is 7.53. The molecule has 1 amide bonds. The minimum Gasteiger partial charge on any atom is -0.335 e. The third kappa shape index (κ3) is 3.12. The zero-order chi connectivity index (χ0) is 14.2. The maximum atomic E-state index is 12.6. The van der Waals surface area contributed by atoms with Gasteiger partial charge in [-0.1, -0.05) is 11.6 Å². The molecule has 5 heteroatoms. The fraction of sp³-hybridized carbons (Fsp3) is 0.500. The van der Waals surface area contributed by atoms with E-state index in [1.54, 1.807) is 12.1 Å². The number of benzene rings is 1. The number of amides is 1. The Morgan fingerprint density at radius 3 is 2.47 bits per heavy atom. The van der Waals surface area contributed by atoms with Gasteiger partial charge in [-0.3, -0.25) is 9.69 Å². The van der Waals surface area contributed by atoms with Gasteiger partial charge < -0.3 is 4.90 Å². The van der Waals surface area contributed by atoms with Gasteiger partial charge in [0.05, 0.1) is 5.56 Å². The SMILES string of the molecule is CC1CN(C(=O)c2cc(Cl)ccc2Br)CC(C)N1C. The molecule has 2 rings (SSSR count). The molecule has 2 unspecified atom stereocenters. The second-order valence-electron chi connectivity index (χ2n) is 5.20. The Morgan fingerprint density at radius 1 is 1.32 bits per heavy atom. The van der Waals surface area contributed by atoms with Gasteiger partial charge in [0.25, 0.3) is 5.91 Å². The van der Waals surface area contributed by atoms with E-state index in [-0.39, 0.29) is 5.91 Å². The van der Waals surface area contributed by atoms with E-state index in [1.807, 2.05) is 11.0 Å². The Hall–Kier alpha value is -0.580. The van der Waals surface area contributed by atoms with Crippen LogP contribution in [0, 0.1) is 0 Å². The molecule has 1 heterocycles. The van der Waals surface area contributed by atoms with Crippen LogP contribution in [0.15, 0.2) is 22.7 Å². The quantitative estimate of drug-likeness (QED) is 0.780. The summed E-state index contributed by atoms with van der Waals surface area (Å²) in [4.78, 5) is 16.8. The first-order valence-electron chi connectivity index (χ1n) is 6.36. The van der Waals surface area contributed by atoms with E-state index < -0.39 is 0 Å². The zero-order valence-corrected chi connectivity index (χ0v) is 13.7. The third-order valence-corrected chi connectivity index (χ3v) is 4.73. The van der Waals surface area contributed by atoms with Crippen molar-refractivity contribution in [2.24, 2.45) is 0 Å². The number of likely N-dealkylation sites (N-methyl/N-ethyl adjacent to an activating group) is 1. The normalized spacial score (nSPS) is 24.6. The molecule has 1 aliphatic rings. The van der Waals surface area contributed by atoms with Gasteiger partial charge >= 0.3 is 0 Å². The number of piperazine rings is 1. The van der Waals surface area contributed by atoms with Crippen LogP contribution >= 0.6 is 27.5 Å². The van der Waals surface area contributed by atoms with Crippen LogP contribution in [0.3, 0.4) is 0 Å². The number of nitrogens with zero attached hydrogens (tertiary/aromatic N) is 2. The van der Waals surface area contributed by atoms with Crippen LogP contribution in [-0.2, 0) is 0 Å². The summed E-state index contributed by atoms with van der Waals surface area (Å²) in [6.07, 6.45) is 0. The second-order valence-corrected chi connectivity index (χ2v) is 6.49. The molecule has 0 bridgehead atoms. The maximum absolute atomic E-state index is 12.6. The molecule has 0 N–H and O–H groups in total. The second kappa shape index (κ2) is 5.81. The Kier molecular flexibility index (Phi) is 4.54. The molecule has 1 saturated heterocycles. The van der Waals surface area contributed by atoms with Gasteiger partial charge in [-0.05, 0) is 55.0 Å². The van der Waals surface area contributed by atoms with Crippen molar-refractivity contribution < 1.29 is 4.79 Å². The predicted molar refractivity (Wildman–Crippen MR) is 81.7 cm³/mol. The molecule has 1 fully saturated rings. The Balaban J connectivity index is 2.22. The fourth-order valence-electron chi connectivity index (χ4n) is 2.40.